The number of amides is 1. The molecule has 6 heteroatoms. The molecule has 0 aliphatic rings. The summed E-state index contributed by atoms with van der Waals surface area (Å²) in [5.41, 5.74) is -0.0501. The van der Waals surface area contributed by atoms with Gasteiger partial charge in [0, 0.05) is 5.56 Å². The Morgan fingerprint density at radius 3 is 2.45 bits per heavy atom. The Kier molecular flexibility index (Phi) is 6.95. The molecule has 0 aliphatic carbocycles. The molecule has 0 bridgehead atoms. The molecule has 1 atom stereocenters. The predicted octanol–water partition coefficient (Wildman–Crippen LogP) is 3.06. The van der Waals surface area contributed by atoms with Crippen LogP contribution in [0, 0.1) is 17.6 Å². The quantitative estimate of drug-likeness (QED) is 0.622. The first-order valence-corrected chi connectivity index (χ1v) is 7.29. The lowest BCUT2D eigenvalue weighted by Crippen LogP contribution is -2.45. The number of rotatable bonds is 7. The molecule has 0 radical (unpaired) electrons. The molecule has 0 saturated heterocycles. The van der Waals surface area contributed by atoms with Gasteiger partial charge in [0.05, 0.1) is 6.61 Å². The van der Waals surface area contributed by atoms with Crippen molar-refractivity contribution in [1.82, 2.24) is 5.32 Å². The number of unbranched alkanes of at least 4 members (excludes halogenated alkanes) is 1. The van der Waals surface area contributed by atoms with Crippen LogP contribution < -0.4 is 5.32 Å². The van der Waals surface area contributed by atoms with E-state index >= 15 is 0 Å². The molecule has 1 aromatic carbocycles. The van der Waals surface area contributed by atoms with Crippen molar-refractivity contribution >= 4 is 11.9 Å². The zero-order valence-electron chi connectivity index (χ0n) is 13.0. The van der Waals surface area contributed by atoms with Gasteiger partial charge < -0.3 is 10.1 Å². The van der Waals surface area contributed by atoms with Crippen LogP contribution in [0.5, 0.6) is 0 Å². The van der Waals surface area contributed by atoms with Gasteiger partial charge in [-0.05, 0) is 30.5 Å². The van der Waals surface area contributed by atoms with Gasteiger partial charge in [0.15, 0.2) is 11.6 Å². The van der Waals surface area contributed by atoms with Crippen LogP contribution in [0.3, 0.4) is 0 Å². The molecule has 122 valence electrons. The minimum atomic E-state index is -1.11. The molecular formula is C16H21F2NO3. The number of hydrogen-bond acceptors (Lipinski definition) is 3. The van der Waals surface area contributed by atoms with Crippen molar-refractivity contribution in [3.63, 3.8) is 0 Å². The van der Waals surface area contributed by atoms with Crippen LogP contribution in [0.1, 0.15) is 44.0 Å². The average molecular weight is 313 g/mol. The molecule has 0 spiro atoms. The van der Waals surface area contributed by atoms with E-state index in [1.54, 1.807) is 13.8 Å². The summed E-state index contributed by atoms with van der Waals surface area (Å²) in [6.07, 6.45) is 1.63. The van der Waals surface area contributed by atoms with E-state index in [0.29, 0.717) is 6.61 Å². The smallest absolute Gasteiger partial charge is 0.328 e. The summed E-state index contributed by atoms with van der Waals surface area (Å²) < 4.78 is 31.1. The molecule has 0 aromatic heterocycles. The third-order valence-electron chi connectivity index (χ3n) is 3.13. The second-order valence-electron chi connectivity index (χ2n) is 5.35. The summed E-state index contributed by atoms with van der Waals surface area (Å²) in [7, 11) is 0. The number of halogens is 2. The van der Waals surface area contributed by atoms with Crippen molar-refractivity contribution in [1.29, 1.82) is 0 Å². The fraction of sp³-hybridized carbons (Fsp3) is 0.500. The number of nitrogens with one attached hydrogen (secondary N) is 1. The SMILES string of the molecule is CCCCOC(=O)C(NC(=O)c1ccc(F)c(F)c1)C(C)C. The largest absolute Gasteiger partial charge is 0.464 e. The third kappa shape index (κ3) is 5.09. The number of carbonyl (C=O) groups is 2. The Hall–Kier alpha value is -1.98. The predicted molar refractivity (Wildman–Crippen MR) is 78.3 cm³/mol. The second kappa shape index (κ2) is 8.46. The van der Waals surface area contributed by atoms with Gasteiger partial charge >= 0.3 is 5.97 Å². The van der Waals surface area contributed by atoms with Gasteiger partial charge in [0.1, 0.15) is 6.04 Å². The maximum Gasteiger partial charge on any atom is 0.328 e. The van der Waals surface area contributed by atoms with Crippen molar-refractivity contribution in [2.45, 2.75) is 39.7 Å². The Labute approximate surface area is 128 Å². The van der Waals surface area contributed by atoms with Gasteiger partial charge in [-0.2, -0.15) is 0 Å². The number of ether oxygens (including phenoxy) is 1. The summed E-state index contributed by atoms with van der Waals surface area (Å²) in [4.78, 5) is 24.0. The van der Waals surface area contributed by atoms with Crippen LogP contribution in [0.2, 0.25) is 0 Å². The highest BCUT2D eigenvalue weighted by atomic mass is 19.2. The first kappa shape index (κ1) is 18.1. The number of hydrogen-bond donors (Lipinski definition) is 1. The van der Waals surface area contributed by atoms with Crippen molar-refractivity contribution in [3.8, 4) is 0 Å². The van der Waals surface area contributed by atoms with Gasteiger partial charge in [-0.3, -0.25) is 4.79 Å². The fourth-order valence-electron chi connectivity index (χ4n) is 1.77. The number of benzene rings is 1. The maximum absolute atomic E-state index is 13.2. The zero-order chi connectivity index (χ0) is 16.7. The summed E-state index contributed by atoms with van der Waals surface area (Å²) in [6, 6.07) is 1.99. The van der Waals surface area contributed by atoms with Crippen molar-refractivity contribution < 1.29 is 23.1 Å². The number of esters is 1. The van der Waals surface area contributed by atoms with Crippen LogP contribution in [0.4, 0.5) is 8.78 Å². The van der Waals surface area contributed by atoms with E-state index in [1.807, 2.05) is 6.92 Å². The highest BCUT2D eigenvalue weighted by molar-refractivity contribution is 5.96. The van der Waals surface area contributed by atoms with E-state index in [0.717, 1.165) is 31.0 Å². The van der Waals surface area contributed by atoms with Crippen LogP contribution >= 0.6 is 0 Å². The minimum Gasteiger partial charge on any atom is -0.464 e. The van der Waals surface area contributed by atoms with E-state index in [-0.39, 0.29) is 11.5 Å². The molecule has 0 saturated carbocycles. The normalized spacial score (nSPS) is 12.1. The lowest BCUT2D eigenvalue weighted by atomic mass is 10.0. The summed E-state index contributed by atoms with van der Waals surface area (Å²) >= 11 is 0. The van der Waals surface area contributed by atoms with Gasteiger partial charge in [-0.15, -0.1) is 0 Å². The van der Waals surface area contributed by atoms with Gasteiger partial charge in [-0.1, -0.05) is 27.2 Å². The molecule has 0 aliphatic heterocycles. The van der Waals surface area contributed by atoms with Crippen LogP contribution in [-0.2, 0) is 9.53 Å². The molecule has 1 N–H and O–H groups in total. The average Bonchev–Trinajstić information content (AvgIpc) is 2.47. The molecule has 22 heavy (non-hydrogen) atoms. The summed E-state index contributed by atoms with van der Waals surface area (Å²) in [5, 5.41) is 2.50. The molecule has 4 nitrogen and oxygen atoms in total. The number of carbonyl (C=O) groups excluding carboxylic acids is 2. The second-order valence-corrected chi connectivity index (χ2v) is 5.35. The molecule has 0 fully saturated rings. The van der Waals surface area contributed by atoms with E-state index in [2.05, 4.69) is 5.32 Å². The zero-order valence-corrected chi connectivity index (χ0v) is 13.0. The lowest BCUT2D eigenvalue weighted by Gasteiger charge is -2.21. The minimum absolute atomic E-state index is 0.0501. The van der Waals surface area contributed by atoms with Crippen LogP contribution in [-0.4, -0.2) is 24.5 Å². The molecule has 1 amide bonds. The Morgan fingerprint density at radius 1 is 1.23 bits per heavy atom. The van der Waals surface area contributed by atoms with Gasteiger partial charge in [0.2, 0.25) is 0 Å². The topological polar surface area (TPSA) is 55.4 Å². The summed E-state index contributed by atoms with van der Waals surface area (Å²) in [6.45, 7) is 5.78. The van der Waals surface area contributed by atoms with E-state index in [9.17, 15) is 18.4 Å². The van der Waals surface area contributed by atoms with Gasteiger partial charge in [0.25, 0.3) is 5.91 Å². The van der Waals surface area contributed by atoms with Gasteiger partial charge in [-0.25, -0.2) is 13.6 Å². The lowest BCUT2D eigenvalue weighted by molar-refractivity contribution is -0.147. The van der Waals surface area contributed by atoms with E-state index in [4.69, 9.17) is 4.74 Å². The van der Waals surface area contributed by atoms with E-state index in [1.165, 1.54) is 0 Å². The Morgan fingerprint density at radius 2 is 1.91 bits per heavy atom. The highest BCUT2D eigenvalue weighted by Gasteiger charge is 2.26. The Bertz CT molecular complexity index is 532. The first-order chi connectivity index (χ1) is 10.4. The summed E-state index contributed by atoms with van der Waals surface area (Å²) in [5.74, 6) is -3.51. The third-order valence-corrected chi connectivity index (χ3v) is 3.13. The molecule has 1 unspecified atom stereocenters. The molecular weight excluding hydrogens is 292 g/mol. The van der Waals surface area contributed by atoms with Crippen molar-refractivity contribution in [2.24, 2.45) is 5.92 Å². The van der Waals surface area contributed by atoms with Crippen LogP contribution in [0.15, 0.2) is 18.2 Å². The Balaban J connectivity index is 2.75. The highest BCUT2D eigenvalue weighted by Crippen LogP contribution is 2.11. The van der Waals surface area contributed by atoms with E-state index < -0.39 is 29.6 Å². The molecule has 1 rings (SSSR count). The van der Waals surface area contributed by atoms with Crippen molar-refractivity contribution in [2.75, 3.05) is 6.61 Å². The standard InChI is InChI=1S/C16H21F2NO3/c1-4-5-8-22-16(21)14(10(2)3)19-15(20)11-6-7-12(17)13(18)9-11/h6-7,9-10,14H,4-5,8H2,1-3H3,(H,19,20). The monoisotopic (exact) mass is 313 g/mol. The molecule has 0 heterocycles. The van der Waals surface area contributed by atoms with Crippen LogP contribution in [0.25, 0.3) is 0 Å². The van der Waals surface area contributed by atoms with Crippen molar-refractivity contribution in [3.05, 3.63) is 35.4 Å². The first-order valence-electron chi connectivity index (χ1n) is 7.29. The fourth-order valence-corrected chi connectivity index (χ4v) is 1.77. The molecule has 1 aromatic rings. The maximum atomic E-state index is 13.2.